The van der Waals surface area contributed by atoms with Gasteiger partial charge < -0.3 is 10.3 Å². The summed E-state index contributed by atoms with van der Waals surface area (Å²) in [6.07, 6.45) is 3.84. The number of nitrogens with one attached hydrogen (secondary N) is 1. The van der Waals surface area contributed by atoms with E-state index in [0.29, 0.717) is 17.8 Å². The van der Waals surface area contributed by atoms with Gasteiger partial charge in [-0.25, -0.2) is 15.8 Å². The molecular formula is C15H26N6. The summed E-state index contributed by atoms with van der Waals surface area (Å²) >= 11 is 0. The molecule has 0 aromatic carbocycles. The average Bonchev–Trinajstić information content (AvgIpc) is 2.71. The molecule has 0 spiro atoms. The van der Waals surface area contributed by atoms with Crippen LogP contribution in [-0.2, 0) is 0 Å². The fourth-order valence-electron chi connectivity index (χ4n) is 3.46. The maximum absolute atomic E-state index is 5.56. The van der Waals surface area contributed by atoms with Crippen LogP contribution in [0.3, 0.4) is 0 Å². The number of nitrogens with two attached hydrogens (primary N) is 1. The highest BCUT2D eigenvalue weighted by Gasteiger charge is 2.35. The highest BCUT2D eigenvalue weighted by molar-refractivity contribution is 5.49. The van der Waals surface area contributed by atoms with Gasteiger partial charge in [-0.05, 0) is 26.3 Å². The van der Waals surface area contributed by atoms with E-state index in [1.54, 1.807) is 0 Å². The second-order valence-corrected chi connectivity index (χ2v) is 6.55. The molecule has 6 nitrogen and oxygen atoms in total. The predicted molar refractivity (Wildman–Crippen MR) is 85.3 cm³/mol. The summed E-state index contributed by atoms with van der Waals surface area (Å²) < 4.78 is 0. The molecule has 0 radical (unpaired) electrons. The van der Waals surface area contributed by atoms with Crippen LogP contribution in [0.2, 0.25) is 0 Å². The lowest BCUT2D eigenvalue weighted by atomic mass is 10.1. The maximum Gasteiger partial charge on any atom is 0.145 e. The van der Waals surface area contributed by atoms with Crippen molar-refractivity contribution in [3.05, 3.63) is 11.9 Å². The van der Waals surface area contributed by atoms with Gasteiger partial charge in [0.15, 0.2) is 0 Å². The van der Waals surface area contributed by atoms with Gasteiger partial charge in [0.05, 0.1) is 0 Å². The van der Waals surface area contributed by atoms with Crippen molar-refractivity contribution in [3.8, 4) is 0 Å². The number of hydrogen-bond acceptors (Lipinski definition) is 6. The first-order chi connectivity index (χ1) is 10.1. The Morgan fingerprint density at radius 1 is 1.24 bits per heavy atom. The zero-order valence-corrected chi connectivity index (χ0v) is 13.2. The molecule has 21 heavy (non-hydrogen) atoms. The van der Waals surface area contributed by atoms with Crippen molar-refractivity contribution in [1.82, 2.24) is 14.9 Å². The molecule has 2 saturated heterocycles. The first kappa shape index (κ1) is 14.5. The molecule has 0 saturated carbocycles. The summed E-state index contributed by atoms with van der Waals surface area (Å²) in [5.41, 5.74) is 2.67. The van der Waals surface area contributed by atoms with Crippen LogP contribution in [0.4, 0.5) is 11.6 Å². The minimum absolute atomic E-state index is 0.295. The van der Waals surface area contributed by atoms with E-state index in [2.05, 4.69) is 41.1 Å². The van der Waals surface area contributed by atoms with E-state index in [9.17, 15) is 0 Å². The lowest BCUT2D eigenvalue weighted by Gasteiger charge is -2.27. The Balaban J connectivity index is 1.87. The Hall–Kier alpha value is -1.40. The molecule has 2 aliphatic rings. The van der Waals surface area contributed by atoms with Crippen molar-refractivity contribution in [2.75, 3.05) is 30.5 Å². The summed E-state index contributed by atoms with van der Waals surface area (Å²) in [6, 6.07) is 3.34. The van der Waals surface area contributed by atoms with Crippen LogP contribution >= 0.6 is 0 Å². The minimum Gasteiger partial charge on any atom is -0.355 e. The molecule has 6 heteroatoms. The lowest BCUT2D eigenvalue weighted by Crippen LogP contribution is -2.37. The first-order valence-corrected chi connectivity index (χ1v) is 7.91. The summed E-state index contributed by atoms with van der Waals surface area (Å²) in [5, 5.41) is 0. The molecule has 2 aliphatic heterocycles. The Bertz CT molecular complexity index is 503. The van der Waals surface area contributed by atoms with Crippen LogP contribution in [0.5, 0.6) is 0 Å². The number of anilines is 2. The summed E-state index contributed by atoms with van der Waals surface area (Å²) in [7, 11) is 2.26. The van der Waals surface area contributed by atoms with Gasteiger partial charge in [0.25, 0.3) is 0 Å². The molecule has 1 aromatic heterocycles. The quantitative estimate of drug-likeness (QED) is 0.650. The second-order valence-electron chi connectivity index (χ2n) is 6.55. The SMILES string of the molecule is CC(C)c1nc(NN)cc(N2CCC3CCC(C2)N3C)n1. The summed E-state index contributed by atoms with van der Waals surface area (Å²) in [6.45, 7) is 6.32. The molecular weight excluding hydrogens is 264 g/mol. The van der Waals surface area contributed by atoms with Gasteiger partial charge in [0.2, 0.25) is 0 Å². The number of fused-ring (bicyclic) bond motifs is 2. The third-order valence-corrected chi connectivity index (χ3v) is 4.87. The lowest BCUT2D eigenvalue weighted by molar-refractivity contribution is 0.254. The fraction of sp³-hybridized carbons (Fsp3) is 0.733. The van der Waals surface area contributed by atoms with Crippen molar-refractivity contribution in [1.29, 1.82) is 0 Å². The van der Waals surface area contributed by atoms with E-state index in [-0.39, 0.29) is 0 Å². The summed E-state index contributed by atoms with van der Waals surface area (Å²) in [5.74, 6) is 8.41. The Kier molecular flexibility index (Phi) is 3.99. The molecule has 3 rings (SSSR count). The van der Waals surface area contributed by atoms with Crippen LogP contribution in [0, 0.1) is 0 Å². The van der Waals surface area contributed by atoms with Crippen LogP contribution in [0.15, 0.2) is 6.07 Å². The molecule has 116 valence electrons. The molecule has 0 amide bonds. The molecule has 2 bridgehead atoms. The highest BCUT2D eigenvalue weighted by atomic mass is 15.3. The zero-order valence-electron chi connectivity index (χ0n) is 13.2. The van der Waals surface area contributed by atoms with Crippen molar-refractivity contribution < 1.29 is 0 Å². The van der Waals surface area contributed by atoms with Gasteiger partial charge in [-0.1, -0.05) is 13.8 Å². The number of nitrogen functional groups attached to an aromatic ring is 1. The van der Waals surface area contributed by atoms with E-state index in [1.165, 1.54) is 19.3 Å². The molecule has 2 fully saturated rings. The smallest absolute Gasteiger partial charge is 0.145 e. The second kappa shape index (κ2) is 5.77. The number of hydrazine groups is 1. The first-order valence-electron chi connectivity index (χ1n) is 7.91. The number of likely N-dealkylation sites (N-methyl/N-ethyl adjacent to an activating group) is 1. The predicted octanol–water partition coefficient (Wildman–Crippen LogP) is 1.56. The van der Waals surface area contributed by atoms with Gasteiger partial charge in [0, 0.05) is 37.2 Å². The van der Waals surface area contributed by atoms with Crippen molar-refractivity contribution in [3.63, 3.8) is 0 Å². The van der Waals surface area contributed by atoms with E-state index < -0.39 is 0 Å². The molecule has 1 aromatic rings. The standard InChI is InChI=1S/C15H26N6/c1-10(2)15-17-13(19-16)8-14(18-15)21-7-6-11-4-5-12(9-21)20(11)3/h8,10-12H,4-7,9,16H2,1-3H3,(H,17,18,19). The molecule has 0 aliphatic carbocycles. The van der Waals surface area contributed by atoms with Crippen molar-refractivity contribution in [2.24, 2.45) is 5.84 Å². The maximum atomic E-state index is 5.56. The van der Waals surface area contributed by atoms with Gasteiger partial charge in [0.1, 0.15) is 17.5 Å². The third kappa shape index (κ3) is 2.82. The van der Waals surface area contributed by atoms with E-state index >= 15 is 0 Å². The Morgan fingerprint density at radius 2 is 2.00 bits per heavy atom. The van der Waals surface area contributed by atoms with Crippen molar-refractivity contribution >= 4 is 11.6 Å². The monoisotopic (exact) mass is 290 g/mol. The van der Waals surface area contributed by atoms with Gasteiger partial charge in [-0.15, -0.1) is 0 Å². The molecule has 3 heterocycles. The Labute approximate surface area is 126 Å². The molecule has 3 N–H and O–H groups in total. The number of rotatable bonds is 3. The van der Waals surface area contributed by atoms with Crippen molar-refractivity contribution in [2.45, 2.75) is 51.1 Å². The van der Waals surface area contributed by atoms with E-state index in [1.807, 2.05) is 6.07 Å². The largest absolute Gasteiger partial charge is 0.355 e. The van der Waals surface area contributed by atoms with Crippen LogP contribution < -0.4 is 16.2 Å². The number of aromatic nitrogens is 2. The number of nitrogens with zero attached hydrogens (tertiary/aromatic N) is 4. The van der Waals surface area contributed by atoms with Crippen LogP contribution in [0.25, 0.3) is 0 Å². The third-order valence-electron chi connectivity index (χ3n) is 4.87. The minimum atomic E-state index is 0.295. The molecule has 2 unspecified atom stereocenters. The fourth-order valence-corrected chi connectivity index (χ4v) is 3.46. The normalized spacial score (nSPS) is 26.2. The zero-order chi connectivity index (χ0) is 15.0. The highest BCUT2D eigenvalue weighted by Crippen LogP contribution is 2.31. The van der Waals surface area contributed by atoms with E-state index in [0.717, 1.165) is 30.8 Å². The van der Waals surface area contributed by atoms with Crippen LogP contribution in [0.1, 0.15) is 44.9 Å². The molecule has 2 atom stereocenters. The Morgan fingerprint density at radius 3 is 2.71 bits per heavy atom. The topological polar surface area (TPSA) is 70.3 Å². The van der Waals surface area contributed by atoms with Gasteiger partial charge in [-0.3, -0.25) is 4.90 Å². The van der Waals surface area contributed by atoms with Crippen LogP contribution in [-0.4, -0.2) is 47.1 Å². The number of hydrogen-bond donors (Lipinski definition) is 2. The van der Waals surface area contributed by atoms with Gasteiger partial charge in [-0.2, -0.15) is 0 Å². The van der Waals surface area contributed by atoms with E-state index in [4.69, 9.17) is 10.8 Å². The van der Waals surface area contributed by atoms with Gasteiger partial charge >= 0.3 is 0 Å². The average molecular weight is 290 g/mol. The summed E-state index contributed by atoms with van der Waals surface area (Å²) in [4.78, 5) is 14.1.